The molecule has 0 radical (unpaired) electrons. The Morgan fingerprint density at radius 1 is 1.56 bits per heavy atom. The molecular formula is C13H17N3O2. The molecule has 96 valence electrons. The van der Waals surface area contributed by atoms with E-state index >= 15 is 0 Å². The van der Waals surface area contributed by atoms with Crippen molar-refractivity contribution in [2.45, 2.75) is 27.2 Å². The molecule has 5 heteroatoms. The van der Waals surface area contributed by atoms with E-state index in [1.165, 1.54) is 6.20 Å². The van der Waals surface area contributed by atoms with Crippen LogP contribution in [0.5, 0.6) is 0 Å². The molecule has 0 aliphatic carbocycles. The van der Waals surface area contributed by atoms with Crippen molar-refractivity contribution < 1.29 is 9.53 Å². The number of hydrogen-bond donors (Lipinski definition) is 1. The normalized spacial score (nSPS) is 9.28. The molecule has 1 aromatic rings. The highest BCUT2D eigenvalue weighted by atomic mass is 16.5. The Morgan fingerprint density at radius 3 is 2.94 bits per heavy atom. The second kappa shape index (κ2) is 7.28. The van der Waals surface area contributed by atoms with E-state index in [1.807, 2.05) is 0 Å². The maximum atomic E-state index is 11.5. The van der Waals surface area contributed by atoms with Gasteiger partial charge in [-0.1, -0.05) is 0 Å². The quantitative estimate of drug-likeness (QED) is 0.488. The van der Waals surface area contributed by atoms with Crippen molar-refractivity contribution in [3.63, 3.8) is 0 Å². The number of carbonyl (C=O) groups is 1. The molecule has 0 spiro atoms. The number of nitrogens with zero attached hydrogens (tertiary/aromatic N) is 2. The molecule has 0 saturated heterocycles. The van der Waals surface area contributed by atoms with E-state index < -0.39 is 5.97 Å². The lowest BCUT2D eigenvalue weighted by molar-refractivity contribution is 0.0524. The molecule has 0 unspecified atom stereocenters. The molecule has 1 heterocycles. The largest absolute Gasteiger partial charge is 0.462 e. The molecule has 18 heavy (non-hydrogen) atoms. The summed E-state index contributed by atoms with van der Waals surface area (Å²) >= 11 is 0. The molecule has 0 aliphatic rings. The third-order valence-electron chi connectivity index (χ3n) is 2.18. The monoisotopic (exact) mass is 247 g/mol. The number of ether oxygens (including phenoxy) is 1. The van der Waals surface area contributed by atoms with E-state index in [2.05, 4.69) is 27.1 Å². The molecule has 0 fully saturated rings. The van der Waals surface area contributed by atoms with Gasteiger partial charge < -0.3 is 10.1 Å². The summed E-state index contributed by atoms with van der Waals surface area (Å²) in [6.07, 6.45) is 2.21. The number of carbonyl (C=O) groups excluding carboxylic acids is 1. The van der Waals surface area contributed by atoms with Crippen LogP contribution < -0.4 is 5.32 Å². The van der Waals surface area contributed by atoms with Gasteiger partial charge in [0.25, 0.3) is 0 Å². The Kier molecular flexibility index (Phi) is 5.65. The molecular weight excluding hydrogens is 230 g/mol. The van der Waals surface area contributed by atoms with E-state index in [0.717, 1.165) is 6.42 Å². The molecule has 1 aromatic heterocycles. The summed E-state index contributed by atoms with van der Waals surface area (Å²) in [5.74, 6) is 5.86. The van der Waals surface area contributed by atoms with Crippen LogP contribution in [-0.2, 0) is 4.74 Å². The topological polar surface area (TPSA) is 64.1 Å². The van der Waals surface area contributed by atoms with Crippen LogP contribution in [0.25, 0.3) is 0 Å². The highest BCUT2D eigenvalue weighted by Gasteiger charge is 2.12. The van der Waals surface area contributed by atoms with Gasteiger partial charge >= 0.3 is 5.97 Å². The fraction of sp³-hybridized carbons (Fsp3) is 0.462. The minimum absolute atomic E-state index is 0.341. The van der Waals surface area contributed by atoms with Gasteiger partial charge in [0.05, 0.1) is 17.9 Å². The van der Waals surface area contributed by atoms with Crippen LogP contribution in [0.2, 0.25) is 0 Å². The first-order valence-corrected chi connectivity index (χ1v) is 5.83. The van der Waals surface area contributed by atoms with E-state index in [-0.39, 0.29) is 0 Å². The highest BCUT2D eigenvalue weighted by molar-refractivity contribution is 5.90. The Balaban J connectivity index is 2.66. The molecule has 0 aliphatic heterocycles. The zero-order valence-electron chi connectivity index (χ0n) is 10.9. The molecule has 0 atom stereocenters. The van der Waals surface area contributed by atoms with Gasteiger partial charge in [-0.15, -0.1) is 11.8 Å². The van der Waals surface area contributed by atoms with Crippen molar-refractivity contribution in [2.75, 3.05) is 18.5 Å². The summed E-state index contributed by atoms with van der Waals surface area (Å²) in [5.41, 5.74) is 1.00. The Labute approximate surface area is 107 Å². The van der Waals surface area contributed by atoms with Gasteiger partial charge in [0.2, 0.25) is 5.95 Å². The summed E-state index contributed by atoms with van der Waals surface area (Å²) in [5, 5.41) is 3.04. The van der Waals surface area contributed by atoms with Crippen molar-refractivity contribution in [3.8, 4) is 11.8 Å². The number of esters is 1. The molecule has 0 aromatic carbocycles. The standard InChI is InChI=1S/C13H17N3O2/c1-4-6-7-8-14-13-15-9-11(10(3)16-13)12(17)18-5-2/h9H,5,7-8H2,1-3H3,(H,14,15,16). The predicted octanol–water partition coefficient (Wildman–Crippen LogP) is 1.79. The lowest BCUT2D eigenvalue weighted by atomic mass is 10.2. The van der Waals surface area contributed by atoms with Crippen molar-refractivity contribution in [2.24, 2.45) is 0 Å². The van der Waals surface area contributed by atoms with Gasteiger partial charge in [-0.2, -0.15) is 0 Å². The highest BCUT2D eigenvalue weighted by Crippen LogP contribution is 2.08. The average Bonchev–Trinajstić information content (AvgIpc) is 2.35. The molecule has 0 amide bonds. The zero-order valence-corrected chi connectivity index (χ0v) is 10.9. The summed E-state index contributed by atoms with van der Waals surface area (Å²) in [4.78, 5) is 19.8. The van der Waals surface area contributed by atoms with Gasteiger partial charge in [0, 0.05) is 19.2 Å². The van der Waals surface area contributed by atoms with Crippen LogP contribution in [-0.4, -0.2) is 29.1 Å². The van der Waals surface area contributed by atoms with Gasteiger partial charge in [-0.05, 0) is 20.8 Å². The molecule has 0 saturated carbocycles. The van der Waals surface area contributed by atoms with Crippen molar-refractivity contribution in [3.05, 3.63) is 17.5 Å². The van der Waals surface area contributed by atoms with E-state index in [0.29, 0.717) is 30.4 Å². The lowest BCUT2D eigenvalue weighted by Gasteiger charge is -2.07. The van der Waals surface area contributed by atoms with Crippen LogP contribution in [0.4, 0.5) is 5.95 Å². The molecule has 0 bridgehead atoms. The predicted molar refractivity (Wildman–Crippen MR) is 69.3 cm³/mol. The third-order valence-corrected chi connectivity index (χ3v) is 2.18. The fourth-order valence-electron chi connectivity index (χ4n) is 1.32. The first-order chi connectivity index (χ1) is 8.69. The minimum atomic E-state index is -0.390. The summed E-state index contributed by atoms with van der Waals surface area (Å²) in [6, 6.07) is 0. The molecule has 1 N–H and O–H groups in total. The maximum Gasteiger partial charge on any atom is 0.341 e. The second-order valence-corrected chi connectivity index (χ2v) is 3.52. The Morgan fingerprint density at radius 2 is 2.33 bits per heavy atom. The Bertz CT molecular complexity index is 475. The van der Waals surface area contributed by atoms with E-state index in [9.17, 15) is 4.79 Å². The number of anilines is 1. The zero-order chi connectivity index (χ0) is 13.4. The van der Waals surface area contributed by atoms with E-state index in [4.69, 9.17) is 4.74 Å². The summed E-state index contributed by atoms with van der Waals surface area (Å²) in [6.45, 7) is 6.34. The first kappa shape index (κ1) is 14.0. The maximum absolute atomic E-state index is 11.5. The lowest BCUT2D eigenvalue weighted by Crippen LogP contribution is -2.11. The van der Waals surface area contributed by atoms with Crippen molar-refractivity contribution in [1.82, 2.24) is 9.97 Å². The number of aromatic nitrogens is 2. The smallest absolute Gasteiger partial charge is 0.341 e. The summed E-state index contributed by atoms with van der Waals surface area (Å²) in [7, 11) is 0. The molecule has 1 rings (SSSR count). The minimum Gasteiger partial charge on any atom is -0.462 e. The third kappa shape index (κ3) is 4.06. The fourth-order valence-corrected chi connectivity index (χ4v) is 1.32. The van der Waals surface area contributed by atoms with E-state index in [1.54, 1.807) is 20.8 Å². The van der Waals surface area contributed by atoms with Crippen LogP contribution in [0.1, 0.15) is 36.3 Å². The van der Waals surface area contributed by atoms with Gasteiger partial charge in [0.1, 0.15) is 0 Å². The van der Waals surface area contributed by atoms with Crippen LogP contribution in [0.15, 0.2) is 6.20 Å². The van der Waals surface area contributed by atoms with Gasteiger partial charge in [-0.3, -0.25) is 0 Å². The number of hydrogen-bond acceptors (Lipinski definition) is 5. The van der Waals surface area contributed by atoms with Crippen molar-refractivity contribution >= 4 is 11.9 Å². The Hall–Kier alpha value is -2.09. The SMILES string of the molecule is CC#CCCNc1ncc(C(=O)OCC)c(C)n1. The number of rotatable bonds is 5. The summed E-state index contributed by atoms with van der Waals surface area (Å²) < 4.78 is 4.90. The van der Waals surface area contributed by atoms with Crippen LogP contribution in [0.3, 0.4) is 0 Å². The average molecular weight is 247 g/mol. The first-order valence-electron chi connectivity index (χ1n) is 5.83. The van der Waals surface area contributed by atoms with Crippen molar-refractivity contribution in [1.29, 1.82) is 0 Å². The second-order valence-electron chi connectivity index (χ2n) is 3.52. The molecule has 5 nitrogen and oxygen atoms in total. The number of nitrogens with one attached hydrogen (secondary N) is 1. The number of aryl methyl sites for hydroxylation is 1. The van der Waals surface area contributed by atoms with Gasteiger partial charge in [0.15, 0.2) is 0 Å². The van der Waals surface area contributed by atoms with Crippen LogP contribution in [0, 0.1) is 18.8 Å². The van der Waals surface area contributed by atoms with Crippen LogP contribution >= 0.6 is 0 Å². The van der Waals surface area contributed by atoms with Gasteiger partial charge in [-0.25, -0.2) is 14.8 Å².